The average molecular weight is 192 g/mol. The maximum atomic E-state index is 2.33. The largest absolute Gasteiger partial charge is 0.159 e. The first-order valence-electron chi connectivity index (χ1n) is 4.43. The summed E-state index contributed by atoms with van der Waals surface area (Å²) in [7, 11) is 0. The van der Waals surface area contributed by atoms with Crippen LogP contribution in [-0.2, 0) is 0 Å². The van der Waals surface area contributed by atoms with Gasteiger partial charge < -0.3 is 0 Å². The minimum absolute atomic E-state index is 0.842. The van der Waals surface area contributed by atoms with Crippen molar-refractivity contribution in [2.75, 3.05) is 11.5 Å². The normalized spacial score (nSPS) is 16.4. The zero-order valence-electron chi connectivity index (χ0n) is 8.09. The summed E-state index contributed by atoms with van der Waals surface area (Å²) in [6, 6.07) is 0. The van der Waals surface area contributed by atoms with Crippen LogP contribution in [0, 0.1) is 0 Å². The molecule has 0 N–H and O–H groups in total. The molecule has 11 heavy (non-hydrogen) atoms. The molecule has 0 aromatic heterocycles. The monoisotopic (exact) mass is 192 g/mol. The summed E-state index contributed by atoms with van der Waals surface area (Å²) in [5.74, 6) is 2.51. The van der Waals surface area contributed by atoms with Crippen LogP contribution in [0.4, 0.5) is 0 Å². The third-order valence-electron chi connectivity index (χ3n) is 1.57. The highest BCUT2D eigenvalue weighted by molar-refractivity contribution is 8.00. The van der Waals surface area contributed by atoms with Crippen LogP contribution >= 0.6 is 23.5 Å². The SMILES string of the molecule is CCSC(C)CC(C)SCC. The zero-order valence-corrected chi connectivity index (χ0v) is 9.73. The van der Waals surface area contributed by atoms with E-state index in [0.717, 1.165) is 10.5 Å². The first kappa shape index (κ1) is 11.7. The molecule has 0 nitrogen and oxygen atoms in total. The van der Waals surface area contributed by atoms with E-state index in [1.54, 1.807) is 0 Å². The van der Waals surface area contributed by atoms with Crippen molar-refractivity contribution in [1.29, 1.82) is 0 Å². The van der Waals surface area contributed by atoms with Crippen molar-refractivity contribution < 1.29 is 0 Å². The Kier molecular flexibility index (Phi) is 7.82. The van der Waals surface area contributed by atoms with Crippen molar-refractivity contribution in [3.05, 3.63) is 0 Å². The van der Waals surface area contributed by atoms with Gasteiger partial charge in [-0.2, -0.15) is 23.5 Å². The quantitative estimate of drug-likeness (QED) is 0.630. The molecule has 0 fully saturated rings. The van der Waals surface area contributed by atoms with Crippen molar-refractivity contribution in [2.45, 2.75) is 44.6 Å². The Balaban J connectivity index is 3.32. The fraction of sp³-hybridized carbons (Fsp3) is 1.00. The molecule has 0 aromatic carbocycles. The van der Waals surface area contributed by atoms with E-state index in [0.29, 0.717) is 0 Å². The fourth-order valence-electron chi connectivity index (χ4n) is 1.17. The number of hydrogen-bond donors (Lipinski definition) is 0. The fourth-order valence-corrected chi connectivity index (χ4v) is 3.28. The lowest BCUT2D eigenvalue weighted by Crippen LogP contribution is -2.06. The van der Waals surface area contributed by atoms with Crippen molar-refractivity contribution >= 4 is 23.5 Å². The summed E-state index contributed by atoms with van der Waals surface area (Å²) in [6.07, 6.45) is 1.36. The molecule has 2 atom stereocenters. The van der Waals surface area contributed by atoms with Crippen LogP contribution in [0.5, 0.6) is 0 Å². The molecule has 2 heteroatoms. The van der Waals surface area contributed by atoms with Crippen molar-refractivity contribution in [3.8, 4) is 0 Å². The van der Waals surface area contributed by atoms with E-state index in [-0.39, 0.29) is 0 Å². The van der Waals surface area contributed by atoms with Crippen molar-refractivity contribution in [1.82, 2.24) is 0 Å². The van der Waals surface area contributed by atoms with Gasteiger partial charge in [0.1, 0.15) is 0 Å². The summed E-state index contributed by atoms with van der Waals surface area (Å²) in [5, 5.41) is 1.68. The van der Waals surface area contributed by atoms with Crippen LogP contribution in [0.15, 0.2) is 0 Å². The predicted octanol–water partition coefficient (Wildman–Crippen LogP) is 3.66. The van der Waals surface area contributed by atoms with Gasteiger partial charge in [-0.05, 0) is 17.9 Å². The lowest BCUT2D eigenvalue weighted by atomic mass is 10.3. The van der Waals surface area contributed by atoms with E-state index >= 15 is 0 Å². The van der Waals surface area contributed by atoms with Crippen LogP contribution < -0.4 is 0 Å². The first-order chi connectivity index (χ1) is 5.20. The topological polar surface area (TPSA) is 0 Å². The molecular weight excluding hydrogens is 172 g/mol. The Morgan fingerprint density at radius 1 is 0.909 bits per heavy atom. The van der Waals surface area contributed by atoms with E-state index in [9.17, 15) is 0 Å². The van der Waals surface area contributed by atoms with Gasteiger partial charge in [-0.15, -0.1) is 0 Å². The molecule has 0 amide bonds. The molecule has 0 aromatic rings. The predicted molar refractivity (Wildman–Crippen MR) is 59.8 cm³/mol. The van der Waals surface area contributed by atoms with Crippen LogP contribution in [-0.4, -0.2) is 22.0 Å². The van der Waals surface area contributed by atoms with E-state index in [1.807, 2.05) is 0 Å². The standard InChI is InChI=1S/C9H20S2/c1-5-10-8(3)7-9(4)11-6-2/h8-9H,5-7H2,1-4H3. The molecule has 0 aliphatic heterocycles. The third-order valence-corrected chi connectivity index (χ3v) is 3.76. The van der Waals surface area contributed by atoms with E-state index < -0.39 is 0 Å². The van der Waals surface area contributed by atoms with Crippen molar-refractivity contribution in [2.24, 2.45) is 0 Å². The number of thioether (sulfide) groups is 2. The molecule has 68 valence electrons. The number of hydrogen-bond acceptors (Lipinski definition) is 2. The van der Waals surface area contributed by atoms with E-state index in [4.69, 9.17) is 0 Å². The van der Waals surface area contributed by atoms with Gasteiger partial charge in [0.25, 0.3) is 0 Å². The molecule has 0 spiro atoms. The minimum atomic E-state index is 0.842. The van der Waals surface area contributed by atoms with Gasteiger partial charge in [0.05, 0.1) is 0 Å². The van der Waals surface area contributed by atoms with Crippen LogP contribution in [0.25, 0.3) is 0 Å². The lowest BCUT2D eigenvalue weighted by Gasteiger charge is -2.14. The average Bonchev–Trinajstić information content (AvgIpc) is 1.87. The van der Waals surface area contributed by atoms with E-state index in [2.05, 4.69) is 51.2 Å². The highest BCUT2D eigenvalue weighted by Crippen LogP contribution is 2.21. The highest BCUT2D eigenvalue weighted by Gasteiger charge is 2.07. The van der Waals surface area contributed by atoms with Gasteiger partial charge in [0, 0.05) is 10.5 Å². The van der Waals surface area contributed by atoms with Crippen molar-refractivity contribution in [3.63, 3.8) is 0 Å². The second-order valence-electron chi connectivity index (χ2n) is 2.77. The minimum Gasteiger partial charge on any atom is -0.159 e. The second-order valence-corrected chi connectivity index (χ2v) is 6.20. The van der Waals surface area contributed by atoms with Gasteiger partial charge in [-0.1, -0.05) is 27.7 Å². The van der Waals surface area contributed by atoms with E-state index in [1.165, 1.54) is 17.9 Å². The van der Waals surface area contributed by atoms with Crippen LogP contribution in [0.1, 0.15) is 34.1 Å². The molecule has 0 heterocycles. The summed E-state index contributed by atoms with van der Waals surface area (Å²) >= 11 is 4.14. The molecular formula is C9H20S2. The molecule has 2 unspecified atom stereocenters. The summed E-state index contributed by atoms with van der Waals surface area (Å²) in [4.78, 5) is 0. The van der Waals surface area contributed by atoms with Gasteiger partial charge >= 0.3 is 0 Å². The maximum absolute atomic E-state index is 2.33. The smallest absolute Gasteiger partial charge is 0.00290 e. The Bertz CT molecular complexity index is 73.6. The molecule has 0 aliphatic carbocycles. The zero-order chi connectivity index (χ0) is 8.69. The molecule has 0 aliphatic rings. The van der Waals surface area contributed by atoms with Crippen LogP contribution in [0.3, 0.4) is 0 Å². The third kappa shape index (κ3) is 7.07. The molecule has 0 bridgehead atoms. The molecule has 0 rings (SSSR count). The van der Waals surface area contributed by atoms with Gasteiger partial charge in [0.2, 0.25) is 0 Å². The summed E-state index contributed by atoms with van der Waals surface area (Å²) in [6.45, 7) is 9.14. The Labute approximate surface area is 79.9 Å². The van der Waals surface area contributed by atoms with Gasteiger partial charge in [-0.3, -0.25) is 0 Å². The first-order valence-corrected chi connectivity index (χ1v) is 6.53. The highest BCUT2D eigenvalue weighted by atomic mass is 32.2. The molecule has 0 saturated heterocycles. The van der Waals surface area contributed by atoms with Gasteiger partial charge in [0.15, 0.2) is 0 Å². The lowest BCUT2D eigenvalue weighted by molar-refractivity contribution is 0.803. The van der Waals surface area contributed by atoms with Crippen LogP contribution in [0.2, 0.25) is 0 Å². The second kappa shape index (κ2) is 7.35. The molecule has 0 radical (unpaired) electrons. The summed E-state index contributed by atoms with van der Waals surface area (Å²) in [5.41, 5.74) is 0. The maximum Gasteiger partial charge on any atom is 0.00290 e. The Hall–Kier alpha value is 0.700. The number of rotatable bonds is 6. The Morgan fingerprint density at radius 2 is 1.27 bits per heavy atom. The van der Waals surface area contributed by atoms with Gasteiger partial charge in [-0.25, -0.2) is 0 Å². The molecule has 0 saturated carbocycles. The Morgan fingerprint density at radius 3 is 1.55 bits per heavy atom. The summed E-state index contributed by atoms with van der Waals surface area (Å²) < 4.78 is 0.